The molecule has 0 radical (unpaired) electrons. The van der Waals surface area contributed by atoms with Crippen molar-refractivity contribution >= 4 is 0 Å². The summed E-state index contributed by atoms with van der Waals surface area (Å²) in [5, 5.41) is 19.1. The van der Waals surface area contributed by atoms with Crippen molar-refractivity contribution < 1.29 is 14.9 Å². The molecule has 2 fully saturated rings. The molecular weight excluding hydrogens is 312 g/mol. The van der Waals surface area contributed by atoms with E-state index in [0.29, 0.717) is 30.7 Å². The first-order valence-electron chi connectivity index (χ1n) is 10.9. The van der Waals surface area contributed by atoms with Crippen LogP contribution in [0.25, 0.3) is 0 Å². The van der Waals surface area contributed by atoms with Gasteiger partial charge in [-0.15, -0.1) is 0 Å². The summed E-state index contributed by atoms with van der Waals surface area (Å²) in [6.07, 6.45) is 20.2. The van der Waals surface area contributed by atoms with Crippen molar-refractivity contribution in [1.29, 1.82) is 0 Å². The van der Waals surface area contributed by atoms with E-state index in [1.165, 1.54) is 57.8 Å². The Morgan fingerprint density at radius 3 is 2.48 bits per heavy atom. The second kappa shape index (κ2) is 12.1. The van der Waals surface area contributed by atoms with Crippen LogP contribution in [0.1, 0.15) is 90.4 Å². The maximum Gasteiger partial charge on any atom is 0.0721 e. The Bertz CT molecular complexity index is 368. The van der Waals surface area contributed by atoms with E-state index in [2.05, 4.69) is 19.1 Å². The first-order chi connectivity index (χ1) is 12.3. The Balaban J connectivity index is 1.70. The zero-order valence-electron chi connectivity index (χ0n) is 16.2. The molecule has 5 unspecified atom stereocenters. The molecule has 2 heterocycles. The normalized spacial score (nSPS) is 29.7. The Morgan fingerprint density at radius 2 is 1.68 bits per heavy atom. The quantitative estimate of drug-likeness (QED) is 0.342. The van der Waals surface area contributed by atoms with Crippen LogP contribution in [0, 0.1) is 11.8 Å². The molecule has 0 saturated carbocycles. The van der Waals surface area contributed by atoms with Crippen LogP contribution in [-0.2, 0) is 4.74 Å². The van der Waals surface area contributed by atoms with Crippen molar-refractivity contribution in [2.24, 2.45) is 11.8 Å². The van der Waals surface area contributed by atoms with E-state index in [1.54, 1.807) is 0 Å². The van der Waals surface area contributed by atoms with E-state index < -0.39 is 0 Å². The second-order valence-electron chi connectivity index (χ2n) is 8.11. The van der Waals surface area contributed by atoms with Crippen LogP contribution in [0.4, 0.5) is 0 Å². The number of aliphatic hydroxyl groups is 2. The molecule has 25 heavy (non-hydrogen) atoms. The molecule has 0 amide bonds. The highest BCUT2D eigenvalue weighted by molar-refractivity contribution is 5.06. The maximum absolute atomic E-state index is 10.2. The smallest absolute Gasteiger partial charge is 0.0721 e. The van der Waals surface area contributed by atoms with Gasteiger partial charge in [0.15, 0.2) is 0 Å². The molecule has 2 aliphatic rings. The van der Waals surface area contributed by atoms with Gasteiger partial charge in [-0.3, -0.25) is 0 Å². The molecule has 0 spiro atoms. The van der Waals surface area contributed by atoms with E-state index in [-0.39, 0.29) is 6.10 Å². The minimum absolute atomic E-state index is 0.282. The molecule has 0 aliphatic carbocycles. The van der Waals surface area contributed by atoms with E-state index >= 15 is 0 Å². The minimum Gasteiger partial charge on any atom is -0.396 e. The Labute approximate surface area is 154 Å². The third-order valence-corrected chi connectivity index (χ3v) is 6.09. The summed E-state index contributed by atoms with van der Waals surface area (Å²) in [5.74, 6) is 1.17. The summed E-state index contributed by atoms with van der Waals surface area (Å²) in [6, 6.07) is 0. The molecule has 5 atom stereocenters. The molecule has 2 aliphatic heterocycles. The molecule has 3 heteroatoms. The van der Waals surface area contributed by atoms with Crippen LogP contribution in [-0.4, -0.2) is 35.1 Å². The number of hydrogen-bond donors (Lipinski definition) is 2. The van der Waals surface area contributed by atoms with Crippen LogP contribution in [0.3, 0.4) is 0 Å². The topological polar surface area (TPSA) is 49.7 Å². The van der Waals surface area contributed by atoms with Crippen molar-refractivity contribution in [3.8, 4) is 0 Å². The third kappa shape index (κ3) is 7.03. The minimum atomic E-state index is -0.282. The lowest BCUT2D eigenvalue weighted by molar-refractivity contribution is 0.0884. The van der Waals surface area contributed by atoms with Gasteiger partial charge in [0.2, 0.25) is 0 Å². The summed E-state index contributed by atoms with van der Waals surface area (Å²) in [5.41, 5.74) is 0. The number of ether oxygens (including phenoxy) is 1. The third-order valence-electron chi connectivity index (χ3n) is 6.09. The average Bonchev–Trinajstić information content (AvgIpc) is 3.21. The Kier molecular flexibility index (Phi) is 10.1. The van der Waals surface area contributed by atoms with Gasteiger partial charge in [-0.05, 0) is 38.0 Å². The van der Waals surface area contributed by atoms with Gasteiger partial charge in [-0.1, -0.05) is 70.4 Å². The number of rotatable bonds is 14. The summed E-state index contributed by atoms with van der Waals surface area (Å²) in [7, 11) is 0. The summed E-state index contributed by atoms with van der Waals surface area (Å²) < 4.78 is 6.17. The fourth-order valence-electron chi connectivity index (χ4n) is 4.61. The van der Waals surface area contributed by atoms with Crippen LogP contribution in [0.2, 0.25) is 0 Å². The largest absolute Gasteiger partial charge is 0.396 e. The zero-order chi connectivity index (χ0) is 17.9. The van der Waals surface area contributed by atoms with Crippen molar-refractivity contribution in [2.45, 2.75) is 109 Å². The molecule has 0 aromatic heterocycles. The molecule has 3 nitrogen and oxygen atoms in total. The lowest BCUT2D eigenvalue weighted by Gasteiger charge is -2.26. The summed E-state index contributed by atoms with van der Waals surface area (Å²) in [4.78, 5) is 0. The highest BCUT2D eigenvalue weighted by Crippen LogP contribution is 2.46. The number of unbranched alkanes of at least 4 members (excludes halogenated alkanes) is 7. The SMILES string of the molecule is CCCCCCC(O)C=CC1C2CCC(O2)C1CCCCCCCO. The predicted octanol–water partition coefficient (Wildman–Crippen LogP) is 5.00. The van der Waals surface area contributed by atoms with Crippen LogP contribution >= 0.6 is 0 Å². The standard InChI is InChI=1S/C22H40O3/c1-2-3-4-8-11-18(24)13-14-20-19(21-15-16-22(20)25-21)12-9-6-5-7-10-17-23/h13-14,18-24H,2-12,15-17H2,1H3. The van der Waals surface area contributed by atoms with Gasteiger partial charge in [-0.2, -0.15) is 0 Å². The molecule has 2 bridgehead atoms. The molecule has 2 N–H and O–H groups in total. The molecule has 2 rings (SSSR count). The van der Waals surface area contributed by atoms with E-state index in [4.69, 9.17) is 9.84 Å². The van der Waals surface area contributed by atoms with E-state index in [9.17, 15) is 5.11 Å². The van der Waals surface area contributed by atoms with Crippen molar-refractivity contribution in [1.82, 2.24) is 0 Å². The summed E-state index contributed by atoms with van der Waals surface area (Å²) in [6.45, 7) is 2.55. The predicted molar refractivity (Wildman–Crippen MR) is 104 cm³/mol. The number of hydrogen-bond acceptors (Lipinski definition) is 3. The number of aliphatic hydroxyl groups excluding tert-OH is 2. The fourth-order valence-corrected chi connectivity index (χ4v) is 4.61. The van der Waals surface area contributed by atoms with Crippen LogP contribution in [0.15, 0.2) is 12.2 Å². The monoisotopic (exact) mass is 352 g/mol. The average molecular weight is 353 g/mol. The van der Waals surface area contributed by atoms with Gasteiger partial charge >= 0.3 is 0 Å². The molecule has 146 valence electrons. The first kappa shape index (κ1) is 20.9. The van der Waals surface area contributed by atoms with Gasteiger partial charge in [0.1, 0.15) is 0 Å². The highest BCUT2D eigenvalue weighted by atomic mass is 16.5. The van der Waals surface area contributed by atoms with Gasteiger partial charge in [0, 0.05) is 12.5 Å². The zero-order valence-corrected chi connectivity index (χ0v) is 16.2. The van der Waals surface area contributed by atoms with Crippen LogP contribution < -0.4 is 0 Å². The maximum atomic E-state index is 10.2. The van der Waals surface area contributed by atoms with Crippen molar-refractivity contribution in [2.75, 3.05) is 6.61 Å². The van der Waals surface area contributed by atoms with E-state index in [1.807, 2.05) is 0 Å². The van der Waals surface area contributed by atoms with Crippen LogP contribution in [0.5, 0.6) is 0 Å². The lowest BCUT2D eigenvalue weighted by Crippen LogP contribution is -2.26. The molecule has 0 aromatic rings. The lowest BCUT2D eigenvalue weighted by atomic mass is 9.76. The first-order valence-corrected chi connectivity index (χ1v) is 10.9. The van der Waals surface area contributed by atoms with Gasteiger partial charge in [-0.25, -0.2) is 0 Å². The van der Waals surface area contributed by atoms with E-state index in [0.717, 1.165) is 25.7 Å². The second-order valence-corrected chi connectivity index (χ2v) is 8.11. The Hall–Kier alpha value is -0.380. The number of fused-ring (bicyclic) bond motifs is 2. The van der Waals surface area contributed by atoms with Crippen molar-refractivity contribution in [3.63, 3.8) is 0 Å². The molecular formula is C22H40O3. The van der Waals surface area contributed by atoms with Gasteiger partial charge in [0.05, 0.1) is 18.3 Å². The molecule has 2 saturated heterocycles. The van der Waals surface area contributed by atoms with Gasteiger partial charge in [0.25, 0.3) is 0 Å². The fraction of sp³-hybridized carbons (Fsp3) is 0.909. The van der Waals surface area contributed by atoms with Gasteiger partial charge < -0.3 is 14.9 Å². The summed E-state index contributed by atoms with van der Waals surface area (Å²) >= 11 is 0. The Morgan fingerprint density at radius 1 is 0.960 bits per heavy atom. The highest BCUT2D eigenvalue weighted by Gasteiger charge is 2.46. The molecule has 0 aromatic carbocycles. The van der Waals surface area contributed by atoms with Crippen molar-refractivity contribution in [3.05, 3.63) is 12.2 Å².